The van der Waals surface area contributed by atoms with E-state index in [9.17, 15) is 9.59 Å². The molecule has 0 saturated heterocycles. The maximum atomic E-state index is 10.7. The number of nitrogens with one attached hydrogen (secondary N) is 1. The normalized spacial score (nSPS) is 12.5. The summed E-state index contributed by atoms with van der Waals surface area (Å²) in [5.41, 5.74) is 4.67. The zero-order chi connectivity index (χ0) is 9.56. The second-order valence-corrected chi connectivity index (χ2v) is 2.13. The first kappa shape index (κ1) is 10.5. The monoisotopic (exact) mass is 172 g/mol. The molecular weight excluding hydrogens is 160 g/mol. The zero-order valence-corrected chi connectivity index (χ0v) is 7.03. The minimum absolute atomic E-state index is 0.366. The molecule has 0 aromatic carbocycles. The Bertz CT molecular complexity index is 201. The Balaban J connectivity index is 3.76. The van der Waals surface area contributed by atoms with E-state index in [0.717, 1.165) is 0 Å². The lowest BCUT2D eigenvalue weighted by Gasteiger charge is -2.07. The highest BCUT2D eigenvalue weighted by molar-refractivity contribution is 5.89. The number of carbonyl (C=O) groups excluding carboxylic acids is 2. The van der Waals surface area contributed by atoms with Crippen LogP contribution in [-0.2, 0) is 4.74 Å². The van der Waals surface area contributed by atoms with Gasteiger partial charge in [-0.05, 0) is 19.9 Å². The molecule has 5 nitrogen and oxygen atoms in total. The second-order valence-electron chi connectivity index (χ2n) is 2.13. The third kappa shape index (κ3) is 5.28. The van der Waals surface area contributed by atoms with Crippen LogP contribution in [0.3, 0.4) is 0 Å². The van der Waals surface area contributed by atoms with E-state index in [1.165, 1.54) is 0 Å². The van der Waals surface area contributed by atoms with Gasteiger partial charge in [-0.25, -0.2) is 14.9 Å². The van der Waals surface area contributed by atoms with Crippen LogP contribution in [0.4, 0.5) is 9.59 Å². The molecule has 0 fully saturated rings. The molecule has 0 aromatic rings. The van der Waals surface area contributed by atoms with Gasteiger partial charge >= 0.3 is 12.1 Å². The van der Waals surface area contributed by atoms with E-state index in [4.69, 9.17) is 0 Å². The Hall–Kier alpha value is -1.52. The van der Waals surface area contributed by atoms with Crippen molar-refractivity contribution in [3.05, 3.63) is 12.2 Å². The number of hydrogen-bond acceptors (Lipinski definition) is 3. The lowest BCUT2D eigenvalue weighted by molar-refractivity contribution is 0.129. The number of nitrogens with two attached hydrogens (primary N) is 1. The van der Waals surface area contributed by atoms with Crippen molar-refractivity contribution in [2.45, 2.75) is 20.0 Å². The van der Waals surface area contributed by atoms with Crippen LogP contribution in [0.1, 0.15) is 13.8 Å². The Morgan fingerprint density at radius 1 is 1.58 bits per heavy atom. The standard InChI is InChI=1S/C7H12N2O3/c1-3-4-5(2)12-7(11)9-6(8)10/h3-5H,1-2H3,(H3,8,9,10,11)/b4-3+. The first-order valence-electron chi connectivity index (χ1n) is 3.46. The van der Waals surface area contributed by atoms with Crippen LogP contribution in [-0.4, -0.2) is 18.2 Å². The van der Waals surface area contributed by atoms with Crippen LogP contribution in [0.25, 0.3) is 0 Å². The smallest absolute Gasteiger partial charge is 0.415 e. The van der Waals surface area contributed by atoms with Crippen LogP contribution >= 0.6 is 0 Å². The predicted octanol–water partition coefficient (Wildman–Crippen LogP) is 0.756. The maximum Gasteiger partial charge on any atom is 0.415 e. The van der Waals surface area contributed by atoms with Gasteiger partial charge in [-0.1, -0.05) is 6.08 Å². The molecule has 0 aliphatic heterocycles. The number of alkyl carbamates (subject to hydrolysis) is 1. The Labute approximate surface area is 70.6 Å². The second kappa shape index (κ2) is 5.17. The lowest BCUT2D eigenvalue weighted by Crippen LogP contribution is -2.36. The molecule has 0 rings (SSSR count). The van der Waals surface area contributed by atoms with Crippen LogP contribution in [0.15, 0.2) is 12.2 Å². The van der Waals surface area contributed by atoms with Crippen molar-refractivity contribution < 1.29 is 14.3 Å². The van der Waals surface area contributed by atoms with Crippen molar-refractivity contribution in [3.63, 3.8) is 0 Å². The molecule has 0 bridgehead atoms. The molecule has 12 heavy (non-hydrogen) atoms. The fraction of sp³-hybridized carbons (Fsp3) is 0.429. The molecule has 1 unspecified atom stereocenters. The van der Waals surface area contributed by atoms with Crippen LogP contribution in [0.5, 0.6) is 0 Å². The predicted molar refractivity (Wildman–Crippen MR) is 43.5 cm³/mol. The molecule has 0 aliphatic rings. The molecule has 68 valence electrons. The van der Waals surface area contributed by atoms with Crippen molar-refractivity contribution in [1.82, 2.24) is 5.32 Å². The zero-order valence-electron chi connectivity index (χ0n) is 7.03. The minimum Gasteiger partial charge on any atom is -0.442 e. The molecule has 1 atom stereocenters. The van der Waals surface area contributed by atoms with Gasteiger partial charge in [-0.2, -0.15) is 0 Å². The molecule has 0 heterocycles. The number of rotatable bonds is 2. The first-order chi connectivity index (χ1) is 5.56. The average Bonchev–Trinajstić information content (AvgIpc) is 1.84. The number of urea groups is 1. The van der Waals surface area contributed by atoms with E-state index >= 15 is 0 Å². The van der Waals surface area contributed by atoms with Crippen LogP contribution in [0.2, 0.25) is 0 Å². The quantitative estimate of drug-likeness (QED) is 0.603. The number of primary amides is 1. The third-order valence-corrected chi connectivity index (χ3v) is 0.982. The van der Waals surface area contributed by atoms with Gasteiger partial charge in [0.25, 0.3) is 0 Å². The van der Waals surface area contributed by atoms with E-state index < -0.39 is 12.1 Å². The summed E-state index contributed by atoms with van der Waals surface area (Å²) < 4.78 is 4.66. The fourth-order valence-electron chi connectivity index (χ4n) is 0.609. The van der Waals surface area contributed by atoms with Gasteiger partial charge in [0, 0.05) is 0 Å². The Kier molecular flexibility index (Phi) is 4.52. The number of carbonyl (C=O) groups is 2. The van der Waals surface area contributed by atoms with Crippen molar-refractivity contribution >= 4 is 12.1 Å². The van der Waals surface area contributed by atoms with Gasteiger partial charge in [0.05, 0.1) is 0 Å². The van der Waals surface area contributed by atoms with E-state index in [1.807, 2.05) is 0 Å². The summed E-state index contributed by atoms with van der Waals surface area (Å²) in [5, 5.41) is 1.78. The van der Waals surface area contributed by atoms with Crippen LogP contribution in [0, 0.1) is 0 Å². The largest absolute Gasteiger partial charge is 0.442 e. The third-order valence-electron chi connectivity index (χ3n) is 0.982. The van der Waals surface area contributed by atoms with Crippen molar-refractivity contribution in [2.24, 2.45) is 5.73 Å². The highest BCUT2D eigenvalue weighted by Crippen LogP contribution is 1.92. The number of imide groups is 1. The van der Waals surface area contributed by atoms with Gasteiger partial charge in [0.2, 0.25) is 0 Å². The molecule has 0 saturated carbocycles. The number of ether oxygens (including phenoxy) is 1. The summed E-state index contributed by atoms with van der Waals surface area (Å²) >= 11 is 0. The Morgan fingerprint density at radius 2 is 2.17 bits per heavy atom. The lowest BCUT2D eigenvalue weighted by atomic mass is 10.4. The highest BCUT2D eigenvalue weighted by Gasteiger charge is 2.07. The molecule has 5 heteroatoms. The summed E-state index contributed by atoms with van der Waals surface area (Å²) in [5.74, 6) is 0. The summed E-state index contributed by atoms with van der Waals surface area (Å²) in [4.78, 5) is 20.8. The summed E-state index contributed by atoms with van der Waals surface area (Å²) in [6, 6.07) is -0.923. The number of hydrogen-bond donors (Lipinski definition) is 2. The SMILES string of the molecule is C/C=C/C(C)OC(=O)NC(N)=O. The number of amides is 3. The number of allylic oxidation sites excluding steroid dienone is 1. The highest BCUT2D eigenvalue weighted by atomic mass is 16.6. The first-order valence-corrected chi connectivity index (χ1v) is 3.46. The van der Waals surface area contributed by atoms with Gasteiger partial charge in [-0.15, -0.1) is 0 Å². The van der Waals surface area contributed by atoms with Gasteiger partial charge in [-0.3, -0.25) is 0 Å². The summed E-state index contributed by atoms with van der Waals surface area (Å²) in [7, 11) is 0. The molecule has 0 radical (unpaired) electrons. The molecule has 3 amide bonds. The molecule has 3 N–H and O–H groups in total. The van der Waals surface area contributed by atoms with Crippen molar-refractivity contribution in [1.29, 1.82) is 0 Å². The summed E-state index contributed by atoms with van der Waals surface area (Å²) in [6.07, 6.45) is 2.20. The molecule has 0 aromatic heterocycles. The maximum absolute atomic E-state index is 10.7. The summed E-state index contributed by atoms with van der Waals surface area (Å²) in [6.45, 7) is 3.46. The van der Waals surface area contributed by atoms with Gasteiger partial charge in [0.15, 0.2) is 0 Å². The topological polar surface area (TPSA) is 81.4 Å². The van der Waals surface area contributed by atoms with E-state index in [0.29, 0.717) is 0 Å². The molecular formula is C7H12N2O3. The minimum atomic E-state index is -0.923. The fourth-order valence-corrected chi connectivity index (χ4v) is 0.609. The average molecular weight is 172 g/mol. The van der Waals surface area contributed by atoms with Crippen LogP contribution < -0.4 is 11.1 Å². The van der Waals surface area contributed by atoms with Gasteiger partial charge in [0.1, 0.15) is 6.10 Å². The van der Waals surface area contributed by atoms with E-state index in [-0.39, 0.29) is 6.10 Å². The van der Waals surface area contributed by atoms with E-state index in [1.54, 1.807) is 31.3 Å². The molecule has 0 spiro atoms. The van der Waals surface area contributed by atoms with E-state index in [2.05, 4.69) is 10.5 Å². The van der Waals surface area contributed by atoms with Gasteiger partial charge < -0.3 is 10.5 Å². The van der Waals surface area contributed by atoms with Crippen molar-refractivity contribution in [2.75, 3.05) is 0 Å². The Morgan fingerprint density at radius 3 is 2.58 bits per heavy atom. The van der Waals surface area contributed by atoms with Crippen molar-refractivity contribution in [3.8, 4) is 0 Å². The molecule has 0 aliphatic carbocycles.